The minimum absolute atomic E-state index is 0.0615. The molecule has 0 aliphatic heterocycles. The van der Waals surface area contributed by atoms with Crippen molar-refractivity contribution >= 4 is 11.9 Å². The van der Waals surface area contributed by atoms with Crippen molar-refractivity contribution in [1.82, 2.24) is 0 Å². The first-order chi connectivity index (χ1) is 7.97. The van der Waals surface area contributed by atoms with Gasteiger partial charge in [-0.05, 0) is 30.6 Å². The highest BCUT2D eigenvalue weighted by molar-refractivity contribution is 5.82. The molecule has 0 radical (unpaired) electrons. The maximum Gasteiger partial charge on any atom is 0.308 e. The van der Waals surface area contributed by atoms with Gasteiger partial charge in [0.2, 0.25) is 0 Å². The van der Waals surface area contributed by atoms with E-state index in [-0.39, 0.29) is 11.8 Å². The fourth-order valence-corrected chi connectivity index (χ4v) is 3.42. The molecule has 2 rings (SSSR count). The first-order valence-corrected chi connectivity index (χ1v) is 6.14. The summed E-state index contributed by atoms with van der Waals surface area (Å²) in [7, 11) is 0. The van der Waals surface area contributed by atoms with Gasteiger partial charge in [-0.25, -0.2) is 0 Å². The number of hydrogen-bond acceptors (Lipinski definition) is 2. The van der Waals surface area contributed by atoms with Crippen LogP contribution in [0.5, 0.6) is 0 Å². The summed E-state index contributed by atoms with van der Waals surface area (Å²) in [6.07, 6.45) is 3.70. The Balaban J connectivity index is 2.32. The van der Waals surface area contributed by atoms with Crippen molar-refractivity contribution < 1.29 is 19.8 Å². The lowest BCUT2D eigenvalue weighted by atomic mass is 9.75. The van der Waals surface area contributed by atoms with Gasteiger partial charge in [-0.15, -0.1) is 0 Å². The molecule has 17 heavy (non-hydrogen) atoms. The second kappa shape index (κ2) is 4.17. The zero-order valence-electron chi connectivity index (χ0n) is 10.1. The van der Waals surface area contributed by atoms with Crippen LogP contribution in [0.3, 0.4) is 0 Å². The predicted molar refractivity (Wildman–Crippen MR) is 61.4 cm³/mol. The van der Waals surface area contributed by atoms with E-state index in [2.05, 4.69) is 13.8 Å². The lowest BCUT2D eigenvalue weighted by Crippen LogP contribution is -2.35. The number of carboxylic acid groups (broad SMARTS) is 2. The molecule has 0 aromatic carbocycles. The molecule has 4 heteroatoms. The standard InChI is InChI=1S/C13H18O4/c1-3-6(2)8-4-7-5-9(8)11(13(16)17)10(7)12(14)15/h4,6-7,9-11H,3,5H2,1-2H3,(H,14,15)(H,16,17). The number of carbonyl (C=O) groups is 2. The minimum Gasteiger partial charge on any atom is -0.481 e. The highest BCUT2D eigenvalue weighted by Gasteiger charge is 2.55. The van der Waals surface area contributed by atoms with Crippen LogP contribution < -0.4 is 0 Å². The third-order valence-electron chi connectivity index (χ3n) is 4.39. The van der Waals surface area contributed by atoms with E-state index in [9.17, 15) is 14.7 Å². The van der Waals surface area contributed by atoms with Gasteiger partial charge in [-0.3, -0.25) is 9.59 Å². The molecule has 2 aliphatic carbocycles. The molecule has 0 aromatic rings. The van der Waals surface area contributed by atoms with E-state index in [1.165, 1.54) is 5.57 Å². The van der Waals surface area contributed by atoms with Gasteiger partial charge in [-0.2, -0.15) is 0 Å². The molecule has 94 valence electrons. The van der Waals surface area contributed by atoms with Crippen molar-refractivity contribution in [3.8, 4) is 0 Å². The number of rotatable bonds is 4. The second-order valence-electron chi connectivity index (χ2n) is 5.21. The summed E-state index contributed by atoms with van der Waals surface area (Å²) in [5.74, 6) is -3.17. The quantitative estimate of drug-likeness (QED) is 0.735. The van der Waals surface area contributed by atoms with Crippen LogP contribution in [0.15, 0.2) is 11.6 Å². The summed E-state index contributed by atoms with van der Waals surface area (Å²) >= 11 is 0. The Morgan fingerprint density at radius 1 is 1.35 bits per heavy atom. The summed E-state index contributed by atoms with van der Waals surface area (Å²) in [5.41, 5.74) is 1.17. The van der Waals surface area contributed by atoms with E-state index in [0.717, 1.165) is 6.42 Å². The topological polar surface area (TPSA) is 74.6 Å². The number of carboxylic acids is 2. The van der Waals surface area contributed by atoms with Crippen molar-refractivity contribution in [2.45, 2.75) is 26.7 Å². The minimum atomic E-state index is -0.968. The summed E-state index contributed by atoms with van der Waals surface area (Å²) in [6.45, 7) is 4.16. The Hall–Kier alpha value is -1.32. The van der Waals surface area contributed by atoms with E-state index in [0.29, 0.717) is 12.3 Å². The van der Waals surface area contributed by atoms with Crippen LogP contribution >= 0.6 is 0 Å². The van der Waals surface area contributed by atoms with Gasteiger partial charge in [0, 0.05) is 0 Å². The molecule has 0 spiro atoms. The fourth-order valence-electron chi connectivity index (χ4n) is 3.42. The van der Waals surface area contributed by atoms with Crippen molar-refractivity contribution in [3.63, 3.8) is 0 Å². The Kier molecular flexibility index (Phi) is 2.98. The number of allylic oxidation sites excluding steroid dienone is 2. The molecule has 5 unspecified atom stereocenters. The van der Waals surface area contributed by atoms with Crippen molar-refractivity contribution in [3.05, 3.63) is 11.6 Å². The molecule has 1 fully saturated rings. The highest BCUT2D eigenvalue weighted by atomic mass is 16.4. The average molecular weight is 238 g/mol. The molecule has 2 N–H and O–H groups in total. The zero-order valence-corrected chi connectivity index (χ0v) is 10.1. The molecule has 0 saturated heterocycles. The summed E-state index contributed by atoms with van der Waals surface area (Å²) in [6, 6.07) is 0. The molecule has 4 nitrogen and oxygen atoms in total. The normalized spacial score (nSPS) is 36.7. The van der Waals surface area contributed by atoms with Crippen molar-refractivity contribution in [2.75, 3.05) is 0 Å². The molecule has 1 saturated carbocycles. The Morgan fingerprint density at radius 2 is 1.94 bits per heavy atom. The van der Waals surface area contributed by atoms with Crippen LogP contribution in [0.4, 0.5) is 0 Å². The Morgan fingerprint density at radius 3 is 2.41 bits per heavy atom. The maximum atomic E-state index is 11.3. The van der Waals surface area contributed by atoms with Gasteiger partial charge < -0.3 is 10.2 Å². The molecular weight excluding hydrogens is 220 g/mol. The summed E-state index contributed by atoms with van der Waals surface area (Å²) < 4.78 is 0. The molecule has 2 aliphatic rings. The van der Waals surface area contributed by atoms with Gasteiger partial charge in [-0.1, -0.05) is 25.5 Å². The first-order valence-electron chi connectivity index (χ1n) is 6.14. The third kappa shape index (κ3) is 1.75. The molecular formula is C13H18O4. The van der Waals surface area contributed by atoms with Crippen LogP contribution in [0.1, 0.15) is 26.7 Å². The van der Waals surface area contributed by atoms with Crippen molar-refractivity contribution in [1.29, 1.82) is 0 Å². The molecule has 0 aromatic heterocycles. The van der Waals surface area contributed by atoms with E-state index < -0.39 is 23.8 Å². The van der Waals surface area contributed by atoms with Crippen LogP contribution in [-0.4, -0.2) is 22.2 Å². The first kappa shape index (κ1) is 12.1. The Labute approximate surface area is 100 Å². The van der Waals surface area contributed by atoms with E-state index in [1.807, 2.05) is 6.08 Å². The van der Waals surface area contributed by atoms with Gasteiger partial charge >= 0.3 is 11.9 Å². The van der Waals surface area contributed by atoms with E-state index in [1.54, 1.807) is 0 Å². The smallest absolute Gasteiger partial charge is 0.308 e. The maximum absolute atomic E-state index is 11.3. The number of hydrogen-bond donors (Lipinski definition) is 2. The number of fused-ring (bicyclic) bond motifs is 2. The molecule has 2 bridgehead atoms. The van der Waals surface area contributed by atoms with Crippen LogP contribution in [-0.2, 0) is 9.59 Å². The largest absolute Gasteiger partial charge is 0.481 e. The van der Waals surface area contributed by atoms with Crippen LogP contribution in [0.2, 0.25) is 0 Å². The lowest BCUT2D eigenvalue weighted by Gasteiger charge is -2.28. The monoisotopic (exact) mass is 238 g/mol. The number of aliphatic carboxylic acids is 2. The molecule has 0 heterocycles. The zero-order chi connectivity index (χ0) is 12.7. The average Bonchev–Trinajstić information content (AvgIpc) is 2.84. The molecule has 0 amide bonds. The predicted octanol–water partition coefficient (Wildman–Crippen LogP) is 2.01. The van der Waals surface area contributed by atoms with Gasteiger partial charge in [0.25, 0.3) is 0 Å². The van der Waals surface area contributed by atoms with Crippen LogP contribution in [0.25, 0.3) is 0 Å². The SMILES string of the molecule is CCC(C)C1=CC2CC1C(C(=O)O)C2C(=O)O. The Bertz CT molecular complexity index is 385. The molecule has 5 atom stereocenters. The van der Waals surface area contributed by atoms with Crippen molar-refractivity contribution in [2.24, 2.45) is 29.6 Å². The van der Waals surface area contributed by atoms with Crippen LogP contribution in [0, 0.1) is 29.6 Å². The fraction of sp³-hybridized carbons (Fsp3) is 0.692. The van der Waals surface area contributed by atoms with Gasteiger partial charge in [0.05, 0.1) is 11.8 Å². The third-order valence-corrected chi connectivity index (χ3v) is 4.39. The highest BCUT2D eigenvalue weighted by Crippen LogP contribution is 2.53. The second-order valence-corrected chi connectivity index (χ2v) is 5.21. The van der Waals surface area contributed by atoms with Gasteiger partial charge in [0.15, 0.2) is 0 Å². The summed E-state index contributed by atoms with van der Waals surface area (Å²) in [5, 5.41) is 18.4. The van der Waals surface area contributed by atoms with Gasteiger partial charge in [0.1, 0.15) is 0 Å². The summed E-state index contributed by atoms with van der Waals surface area (Å²) in [4.78, 5) is 22.4. The lowest BCUT2D eigenvalue weighted by molar-refractivity contribution is -0.154. The van der Waals surface area contributed by atoms with E-state index >= 15 is 0 Å². The van der Waals surface area contributed by atoms with E-state index in [4.69, 9.17) is 5.11 Å².